The van der Waals surface area contributed by atoms with Crippen LogP contribution in [0.2, 0.25) is 0 Å². The van der Waals surface area contributed by atoms with Gasteiger partial charge in [0.15, 0.2) is 0 Å². The number of aromatic nitrogens is 2. The highest BCUT2D eigenvalue weighted by molar-refractivity contribution is 5.74. The number of imidazole rings is 1. The van der Waals surface area contributed by atoms with E-state index in [1.807, 2.05) is 28.8 Å². The maximum absolute atomic E-state index is 10.3. The smallest absolute Gasteiger partial charge is 0.0959 e. The van der Waals surface area contributed by atoms with Crippen molar-refractivity contribution in [1.82, 2.24) is 9.55 Å². The normalized spacial score (nSPS) is 14.0. The van der Waals surface area contributed by atoms with Gasteiger partial charge in [-0.15, -0.1) is 0 Å². The average Bonchev–Trinajstić information content (AvgIpc) is 2.98. The Balaban J connectivity index is 1.65. The molecule has 1 heterocycles. The molecule has 3 rings (SSSR count). The molecule has 0 radical (unpaired) electrons. The predicted molar refractivity (Wildman–Crippen MR) is 87.7 cm³/mol. The van der Waals surface area contributed by atoms with E-state index in [2.05, 4.69) is 4.98 Å². The molecule has 0 aliphatic rings. The summed E-state index contributed by atoms with van der Waals surface area (Å²) in [6, 6.07) is 14.8. The van der Waals surface area contributed by atoms with Gasteiger partial charge in [0, 0.05) is 6.42 Å². The molecule has 2 unspecified atom stereocenters. The maximum Gasteiger partial charge on any atom is 0.0959 e. The summed E-state index contributed by atoms with van der Waals surface area (Å²) in [4.78, 5) is 4.29. The molecule has 1 aromatic heterocycles. The van der Waals surface area contributed by atoms with Crippen LogP contribution in [0, 0.1) is 0 Å². The van der Waals surface area contributed by atoms with Gasteiger partial charge in [-0.3, -0.25) is 0 Å². The molecule has 0 saturated carbocycles. The minimum atomic E-state index is -0.743. The number of nitrogens with zero attached hydrogens (tertiary/aromatic N) is 2. The fourth-order valence-electron chi connectivity index (χ4n) is 2.70. The van der Waals surface area contributed by atoms with Crippen LogP contribution < -0.4 is 0 Å². The predicted octanol–water partition coefficient (Wildman–Crippen LogP) is 2.01. The first-order chi connectivity index (χ1) is 11.2. The van der Waals surface area contributed by atoms with Gasteiger partial charge in [0.25, 0.3) is 0 Å². The Hall–Kier alpha value is -2.21. The summed E-state index contributed by atoms with van der Waals surface area (Å²) < 4.78 is 1.89. The zero-order valence-electron chi connectivity index (χ0n) is 12.7. The Morgan fingerprint density at radius 3 is 2.48 bits per heavy atom. The van der Waals surface area contributed by atoms with Crippen LogP contribution in [-0.2, 0) is 13.2 Å². The monoisotopic (exact) mass is 312 g/mol. The van der Waals surface area contributed by atoms with Gasteiger partial charge in [-0.05, 0) is 23.3 Å². The van der Waals surface area contributed by atoms with E-state index in [9.17, 15) is 10.2 Å². The lowest BCUT2D eigenvalue weighted by molar-refractivity contribution is 0.0709. The van der Waals surface area contributed by atoms with Crippen LogP contribution in [0.3, 0.4) is 0 Å². The molecule has 3 N–H and O–H groups in total. The van der Waals surface area contributed by atoms with Crippen molar-refractivity contribution in [3.05, 3.63) is 66.0 Å². The Morgan fingerprint density at radius 2 is 1.74 bits per heavy atom. The molecule has 5 heteroatoms. The number of hydrogen-bond acceptors (Lipinski definition) is 4. The van der Waals surface area contributed by atoms with Crippen LogP contribution in [0.4, 0.5) is 0 Å². The van der Waals surface area contributed by atoms with Gasteiger partial charge >= 0.3 is 0 Å². The molecule has 0 bridgehead atoms. The second-order valence-corrected chi connectivity index (χ2v) is 5.69. The van der Waals surface area contributed by atoms with Crippen molar-refractivity contribution < 1.29 is 15.3 Å². The molecule has 5 nitrogen and oxygen atoms in total. The number of aliphatic hydroxyl groups is 3. The second-order valence-electron chi connectivity index (χ2n) is 5.69. The Morgan fingerprint density at radius 1 is 1.00 bits per heavy atom. The molecule has 120 valence electrons. The molecule has 23 heavy (non-hydrogen) atoms. The molecule has 0 fully saturated rings. The first-order valence-corrected chi connectivity index (χ1v) is 7.63. The molecule has 2 aromatic carbocycles. The highest BCUT2D eigenvalue weighted by Gasteiger charge is 2.15. The number of benzene rings is 2. The van der Waals surface area contributed by atoms with Crippen molar-refractivity contribution in [3.63, 3.8) is 0 Å². The fraction of sp³-hybridized carbons (Fsp3) is 0.278. The molecule has 0 aliphatic heterocycles. The standard InChI is InChI=1S/C18H20N2O3/c21-11-13-5-7-14(8-6-13)18(23)9-15(22)10-20-12-19-16-3-1-2-4-17(16)20/h1-8,12,15,18,21-23H,9-11H2. The topological polar surface area (TPSA) is 78.5 Å². The van der Waals surface area contributed by atoms with Gasteiger partial charge in [0.2, 0.25) is 0 Å². The van der Waals surface area contributed by atoms with E-state index < -0.39 is 12.2 Å². The number of hydrogen-bond donors (Lipinski definition) is 3. The van der Waals surface area contributed by atoms with Crippen molar-refractivity contribution in [3.8, 4) is 0 Å². The van der Waals surface area contributed by atoms with Gasteiger partial charge in [0.05, 0.1) is 42.7 Å². The molecule has 3 aromatic rings. The molecule has 0 saturated heterocycles. The molecular weight excluding hydrogens is 292 g/mol. The van der Waals surface area contributed by atoms with Gasteiger partial charge in [-0.1, -0.05) is 36.4 Å². The third-order valence-corrected chi connectivity index (χ3v) is 3.98. The van der Waals surface area contributed by atoms with E-state index in [1.165, 1.54) is 0 Å². The SMILES string of the molecule is OCc1ccc(C(O)CC(O)Cn2cnc3ccccc32)cc1. The molecule has 2 atom stereocenters. The summed E-state index contributed by atoms with van der Waals surface area (Å²) in [6.07, 6.45) is 0.522. The van der Waals surface area contributed by atoms with E-state index in [4.69, 9.17) is 5.11 Å². The van der Waals surface area contributed by atoms with Crippen LogP contribution in [-0.4, -0.2) is 31.0 Å². The van der Waals surface area contributed by atoms with E-state index in [0.717, 1.165) is 22.2 Å². The summed E-state index contributed by atoms with van der Waals surface area (Å²) in [6.45, 7) is 0.360. The average molecular weight is 312 g/mol. The Bertz CT molecular complexity index is 767. The van der Waals surface area contributed by atoms with E-state index in [0.29, 0.717) is 6.54 Å². The van der Waals surface area contributed by atoms with Crippen molar-refractivity contribution in [2.75, 3.05) is 0 Å². The lowest BCUT2D eigenvalue weighted by Crippen LogP contribution is -2.18. The van der Waals surface area contributed by atoms with Crippen LogP contribution in [0.15, 0.2) is 54.9 Å². The van der Waals surface area contributed by atoms with Gasteiger partial charge in [-0.2, -0.15) is 0 Å². The first kappa shape index (κ1) is 15.7. The summed E-state index contributed by atoms with van der Waals surface area (Å²) in [5.74, 6) is 0. The second kappa shape index (κ2) is 6.91. The summed E-state index contributed by atoms with van der Waals surface area (Å²) in [7, 11) is 0. The van der Waals surface area contributed by atoms with Crippen LogP contribution in [0.25, 0.3) is 11.0 Å². The van der Waals surface area contributed by atoms with E-state index in [-0.39, 0.29) is 13.0 Å². The third-order valence-electron chi connectivity index (χ3n) is 3.98. The number of fused-ring (bicyclic) bond motifs is 1. The number of rotatable bonds is 6. The lowest BCUT2D eigenvalue weighted by Gasteiger charge is -2.17. The molecule has 0 aliphatic carbocycles. The third kappa shape index (κ3) is 3.59. The lowest BCUT2D eigenvalue weighted by atomic mass is 10.0. The van der Waals surface area contributed by atoms with Gasteiger partial charge in [0.1, 0.15) is 0 Å². The van der Waals surface area contributed by atoms with E-state index >= 15 is 0 Å². The van der Waals surface area contributed by atoms with Crippen LogP contribution in [0.1, 0.15) is 23.7 Å². The Labute approximate surface area is 134 Å². The Kier molecular flexibility index (Phi) is 4.71. The summed E-state index contributed by atoms with van der Waals surface area (Å²) in [5.41, 5.74) is 3.39. The zero-order valence-corrected chi connectivity index (χ0v) is 12.7. The zero-order chi connectivity index (χ0) is 16.2. The quantitative estimate of drug-likeness (QED) is 0.650. The molecular formula is C18H20N2O3. The summed E-state index contributed by atoms with van der Waals surface area (Å²) >= 11 is 0. The van der Waals surface area contributed by atoms with Crippen molar-refractivity contribution >= 4 is 11.0 Å². The maximum atomic E-state index is 10.3. The largest absolute Gasteiger partial charge is 0.392 e. The van der Waals surface area contributed by atoms with Crippen molar-refractivity contribution in [1.29, 1.82) is 0 Å². The van der Waals surface area contributed by atoms with Gasteiger partial charge in [-0.25, -0.2) is 4.98 Å². The first-order valence-electron chi connectivity index (χ1n) is 7.63. The van der Waals surface area contributed by atoms with E-state index in [1.54, 1.807) is 30.6 Å². The van der Waals surface area contributed by atoms with Crippen molar-refractivity contribution in [2.24, 2.45) is 0 Å². The molecule has 0 spiro atoms. The van der Waals surface area contributed by atoms with Crippen LogP contribution >= 0.6 is 0 Å². The summed E-state index contributed by atoms with van der Waals surface area (Å²) in [5, 5.41) is 29.5. The number of aliphatic hydroxyl groups excluding tert-OH is 3. The highest BCUT2D eigenvalue weighted by Crippen LogP contribution is 2.21. The fourth-order valence-corrected chi connectivity index (χ4v) is 2.70. The van der Waals surface area contributed by atoms with Gasteiger partial charge < -0.3 is 19.9 Å². The number of para-hydroxylation sites is 2. The van der Waals surface area contributed by atoms with Crippen LogP contribution in [0.5, 0.6) is 0 Å². The highest BCUT2D eigenvalue weighted by atomic mass is 16.3. The minimum Gasteiger partial charge on any atom is -0.392 e. The minimum absolute atomic E-state index is 0.0211. The van der Waals surface area contributed by atoms with Crippen molar-refractivity contribution in [2.45, 2.75) is 31.8 Å². The molecule has 0 amide bonds.